The van der Waals surface area contributed by atoms with Crippen molar-refractivity contribution in [3.63, 3.8) is 0 Å². The molecule has 0 saturated heterocycles. The van der Waals surface area contributed by atoms with Gasteiger partial charge in [0.25, 0.3) is 0 Å². The fraction of sp³-hybridized carbons (Fsp3) is 0.364. The Morgan fingerprint density at radius 3 is 2.53 bits per heavy atom. The molecule has 1 unspecified atom stereocenters. The second-order valence-corrected chi connectivity index (χ2v) is 3.51. The Morgan fingerprint density at radius 2 is 2.07 bits per heavy atom. The van der Waals surface area contributed by atoms with Crippen LogP contribution in [0.15, 0.2) is 12.1 Å². The Morgan fingerprint density at radius 1 is 1.47 bits per heavy atom. The van der Waals surface area contributed by atoms with E-state index in [4.69, 9.17) is 15.6 Å². The van der Waals surface area contributed by atoms with E-state index in [1.807, 2.05) is 19.9 Å². The lowest BCUT2D eigenvalue weighted by Crippen LogP contribution is -2.22. The molecule has 1 atom stereocenters. The van der Waals surface area contributed by atoms with Gasteiger partial charge in [-0.2, -0.15) is 0 Å². The minimum absolute atomic E-state index is 0.530. The highest BCUT2D eigenvalue weighted by Gasteiger charge is 2.21. The highest BCUT2D eigenvalue weighted by Crippen LogP contribution is 2.28. The molecule has 1 aromatic carbocycles. The van der Waals surface area contributed by atoms with E-state index in [0.717, 1.165) is 11.1 Å². The van der Waals surface area contributed by atoms with Crippen LogP contribution in [-0.4, -0.2) is 18.2 Å². The summed E-state index contributed by atoms with van der Waals surface area (Å²) >= 11 is 0. The molecule has 0 aromatic heterocycles. The maximum atomic E-state index is 10.8. The molecule has 3 N–H and O–H groups in total. The third-order valence-corrected chi connectivity index (χ3v) is 2.29. The Balaban J connectivity index is 3.32. The fourth-order valence-corrected chi connectivity index (χ4v) is 1.63. The summed E-state index contributed by atoms with van der Waals surface area (Å²) in [5, 5.41) is 8.87. The number of ether oxygens (including phenoxy) is 1. The van der Waals surface area contributed by atoms with Gasteiger partial charge in [-0.15, -0.1) is 0 Å². The predicted molar refractivity (Wildman–Crippen MR) is 57.0 cm³/mol. The van der Waals surface area contributed by atoms with Crippen molar-refractivity contribution in [1.29, 1.82) is 0 Å². The van der Waals surface area contributed by atoms with E-state index in [1.165, 1.54) is 7.11 Å². The minimum atomic E-state index is -1.06. The van der Waals surface area contributed by atoms with Gasteiger partial charge < -0.3 is 15.6 Å². The molecule has 82 valence electrons. The van der Waals surface area contributed by atoms with Crippen LogP contribution in [-0.2, 0) is 4.79 Å². The smallest absolute Gasteiger partial charge is 0.325 e. The third-order valence-electron chi connectivity index (χ3n) is 2.29. The van der Waals surface area contributed by atoms with Crippen LogP contribution in [0.1, 0.15) is 22.7 Å². The average molecular weight is 209 g/mol. The topological polar surface area (TPSA) is 72.5 Å². The number of rotatable bonds is 3. The molecule has 0 saturated carbocycles. The van der Waals surface area contributed by atoms with E-state index in [9.17, 15) is 4.79 Å². The first kappa shape index (κ1) is 11.5. The van der Waals surface area contributed by atoms with E-state index in [2.05, 4.69) is 0 Å². The molecule has 0 bridgehead atoms. The van der Waals surface area contributed by atoms with Crippen LogP contribution in [0.2, 0.25) is 0 Å². The molecule has 0 heterocycles. The van der Waals surface area contributed by atoms with Crippen LogP contribution < -0.4 is 10.5 Å². The minimum Gasteiger partial charge on any atom is -0.496 e. The number of carboxylic acid groups (broad SMARTS) is 1. The third kappa shape index (κ3) is 2.27. The van der Waals surface area contributed by atoms with Gasteiger partial charge in [-0.05, 0) is 31.0 Å². The lowest BCUT2D eigenvalue weighted by atomic mass is 9.98. The van der Waals surface area contributed by atoms with Crippen molar-refractivity contribution < 1.29 is 14.6 Å². The quantitative estimate of drug-likeness (QED) is 0.789. The molecule has 0 aliphatic carbocycles. The van der Waals surface area contributed by atoms with Crippen molar-refractivity contribution in [2.24, 2.45) is 5.73 Å². The van der Waals surface area contributed by atoms with Gasteiger partial charge in [-0.3, -0.25) is 4.79 Å². The van der Waals surface area contributed by atoms with Crippen LogP contribution in [0.25, 0.3) is 0 Å². The van der Waals surface area contributed by atoms with Gasteiger partial charge in [-0.1, -0.05) is 6.07 Å². The summed E-state index contributed by atoms with van der Waals surface area (Å²) in [6.07, 6.45) is 0. The Hall–Kier alpha value is -1.55. The maximum absolute atomic E-state index is 10.8. The molecule has 15 heavy (non-hydrogen) atoms. The predicted octanol–water partition coefficient (Wildman–Crippen LogP) is 1.40. The number of aliphatic carboxylic acids is 1. The van der Waals surface area contributed by atoms with E-state index in [1.54, 1.807) is 6.07 Å². The van der Waals surface area contributed by atoms with Crippen molar-refractivity contribution in [2.75, 3.05) is 7.11 Å². The molecule has 0 amide bonds. The number of nitrogens with two attached hydrogens (primary N) is 1. The van der Waals surface area contributed by atoms with Gasteiger partial charge in [0.15, 0.2) is 0 Å². The number of carboxylic acids is 1. The van der Waals surface area contributed by atoms with Crippen LogP contribution in [0.5, 0.6) is 5.75 Å². The summed E-state index contributed by atoms with van der Waals surface area (Å²) in [4.78, 5) is 10.8. The van der Waals surface area contributed by atoms with Crippen molar-refractivity contribution in [1.82, 2.24) is 0 Å². The van der Waals surface area contributed by atoms with Crippen molar-refractivity contribution in [2.45, 2.75) is 19.9 Å². The van der Waals surface area contributed by atoms with Gasteiger partial charge >= 0.3 is 5.97 Å². The lowest BCUT2D eigenvalue weighted by Gasteiger charge is -2.15. The zero-order valence-corrected chi connectivity index (χ0v) is 9.07. The molecule has 0 aliphatic rings. The molecular formula is C11H15NO3. The number of methoxy groups -OCH3 is 1. The van der Waals surface area contributed by atoms with E-state index < -0.39 is 12.0 Å². The molecule has 1 aromatic rings. The molecule has 1 rings (SSSR count). The second kappa shape index (κ2) is 4.31. The van der Waals surface area contributed by atoms with Gasteiger partial charge in [0, 0.05) is 5.56 Å². The van der Waals surface area contributed by atoms with Crippen molar-refractivity contribution >= 4 is 5.97 Å². The summed E-state index contributed by atoms with van der Waals surface area (Å²) in [6.45, 7) is 3.75. The normalized spacial score (nSPS) is 12.3. The molecule has 0 fully saturated rings. The maximum Gasteiger partial charge on any atom is 0.325 e. The summed E-state index contributed by atoms with van der Waals surface area (Å²) in [6, 6.07) is 2.63. The number of aryl methyl sites for hydroxylation is 2. The molecule has 4 nitrogen and oxygen atoms in total. The number of benzene rings is 1. The van der Waals surface area contributed by atoms with Gasteiger partial charge in [0.05, 0.1) is 7.11 Å². The summed E-state index contributed by atoms with van der Waals surface area (Å²) in [5.41, 5.74) is 7.98. The highest BCUT2D eigenvalue weighted by atomic mass is 16.5. The van der Waals surface area contributed by atoms with Gasteiger partial charge in [0.2, 0.25) is 0 Å². The van der Waals surface area contributed by atoms with Crippen LogP contribution in [0, 0.1) is 13.8 Å². The molecule has 0 aliphatic heterocycles. The van der Waals surface area contributed by atoms with E-state index in [-0.39, 0.29) is 0 Å². The van der Waals surface area contributed by atoms with Crippen LogP contribution >= 0.6 is 0 Å². The summed E-state index contributed by atoms with van der Waals surface area (Å²) in [7, 11) is 1.51. The monoisotopic (exact) mass is 209 g/mol. The molecule has 0 spiro atoms. The number of hydrogen-bond donors (Lipinski definition) is 2. The average Bonchev–Trinajstić information content (AvgIpc) is 2.15. The van der Waals surface area contributed by atoms with Crippen molar-refractivity contribution in [3.05, 3.63) is 28.8 Å². The number of carbonyl (C=O) groups is 1. The zero-order chi connectivity index (χ0) is 11.6. The first-order valence-electron chi connectivity index (χ1n) is 4.61. The first-order valence-corrected chi connectivity index (χ1v) is 4.61. The standard InChI is InChI=1S/C11H15NO3/c1-6-4-7(2)9(8(5-6)15-3)10(12)11(13)14/h4-5,10H,12H2,1-3H3,(H,13,14). The summed E-state index contributed by atoms with van der Waals surface area (Å²) < 4.78 is 5.13. The first-order chi connectivity index (χ1) is 6.97. The van der Waals surface area contributed by atoms with E-state index >= 15 is 0 Å². The van der Waals surface area contributed by atoms with Gasteiger partial charge in [0.1, 0.15) is 11.8 Å². The number of hydrogen-bond acceptors (Lipinski definition) is 3. The Labute approximate surface area is 88.7 Å². The molecular weight excluding hydrogens is 194 g/mol. The second-order valence-electron chi connectivity index (χ2n) is 3.51. The SMILES string of the molecule is COc1cc(C)cc(C)c1C(N)C(=O)O. The zero-order valence-electron chi connectivity index (χ0n) is 9.07. The van der Waals surface area contributed by atoms with Gasteiger partial charge in [-0.25, -0.2) is 0 Å². The van der Waals surface area contributed by atoms with Crippen LogP contribution in [0.4, 0.5) is 0 Å². The summed E-state index contributed by atoms with van der Waals surface area (Å²) in [5.74, 6) is -0.525. The van der Waals surface area contributed by atoms with E-state index in [0.29, 0.717) is 11.3 Å². The Bertz CT molecular complexity index is 388. The highest BCUT2D eigenvalue weighted by molar-refractivity contribution is 5.77. The molecule has 4 heteroatoms. The van der Waals surface area contributed by atoms with Crippen molar-refractivity contribution in [3.8, 4) is 5.75 Å². The Kier molecular flexibility index (Phi) is 3.31. The van der Waals surface area contributed by atoms with Crippen LogP contribution in [0.3, 0.4) is 0 Å². The lowest BCUT2D eigenvalue weighted by molar-refractivity contribution is -0.138. The molecule has 0 radical (unpaired) electrons. The fourth-order valence-electron chi connectivity index (χ4n) is 1.63. The largest absolute Gasteiger partial charge is 0.496 e.